The van der Waals surface area contributed by atoms with Crippen molar-refractivity contribution >= 4 is 36.0 Å². The highest BCUT2D eigenvalue weighted by Crippen LogP contribution is 2.19. The van der Waals surface area contributed by atoms with Gasteiger partial charge in [0.25, 0.3) is 0 Å². The summed E-state index contributed by atoms with van der Waals surface area (Å²) in [6.07, 6.45) is 19.7. The highest BCUT2D eigenvalue weighted by Gasteiger charge is 2.34. The van der Waals surface area contributed by atoms with Crippen molar-refractivity contribution < 1.29 is 43.0 Å². The highest BCUT2D eigenvalue weighted by molar-refractivity contribution is 5.88. The van der Waals surface area contributed by atoms with Gasteiger partial charge in [-0.2, -0.15) is 0 Å². The Labute approximate surface area is 467 Å². The Morgan fingerprint density at radius 2 is 0.577 bits per heavy atom. The Morgan fingerprint density at radius 1 is 0.385 bits per heavy atom. The lowest BCUT2D eigenvalue weighted by Crippen LogP contribution is -2.55. The van der Waals surface area contributed by atoms with Crippen molar-refractivity contribution in [1.82, 2.24) is 31.9 Å². The molecular weight excluding hydrogens is 985 g/mol. The van der Waals surface area contributed by atoms with E-state index in [-0.39, 0.29) is 17.7 Å². The zero-order valence-corrected chi connectivity index (χ0v) is 49.2. The summed E-state index contributed by atoms with van der Waals surface area (Å²) in [5.41, 5.74) is -1.30. The molecule has 0 radical (unpaired) electrons. The van der Waals surface area contributed by atoms with E-state index >= 15 is 0 Å². The fourth-order valence-corrected chi connectivity index (χ4v) is 7.50. The second-order valence-electron chi connectivity index (χ2n) is 21.9. The van der Waals surface area contributed by atoms with Crippen LogP contribution in [0.15, 0.2) is 91.0 Å². The van der Waals surface area contributed by atoms with Crippen LogP contribution in [0.3, 0.4) is 0 Å². The van der Waals surface area contributed by atoms with Gasteiger partial charge in [-0.25, -0.2) is 14.4 Å². The van der Waals surface area contributed by atoms with E-state index in [9.17, 15) is 28.8 Å². The Balaban J connectivity index is 0.000000585. The van der Waals surface area contributed by atoms with Crippen LogP contribution in [0.2, 0.25) is 0 Å². The molecule has 0 saturated carbocycles. The van der Waals surface area contributed by atoms with Crippen LogP contribution < -0.4 is 31.9 Å². The molecule has 3 aromatic carbocycles. The van der Waals surface area contributed by atoms with Gasteiger partial charge in [-0.15, -0.1) is 19.3 Å². The molecule has 0 heterocycles. The third-order valence-electron chi connectivity index (χ3n) is 12.4. The topological polar surface area (TPSA) is 202 Å². The molecule has 0 aromatic heterocycles. The molecule has 0 bridgehead atoms. The van der Waals surface area contributed by atoms with Crippen LogP contribution in [0.25, 0.3) is 0 Å². The van der Waals surface area contributed by atoms with E-state index in [1.807, 2.05) is 133 Å². The zero-order chi connectivity index (χ0) is 59.4. The summed E-state index contributed by atoms with van der Waals surface area (Å²) in [4.78, 5) is 75.1. The number of ether oxygens (including phenoxy) is 3. The van der Waals surface area contributed by atoms with Gasteiger partial charge in [-0.1, -0.05) is 150 Å². The van der Waals surface area contributed by atoms with Gasteiger partial charge >= 0.3 is 18.3 Å². The number of benzene rings is 3. The lowest BCUT2D eigenvalue weighted by molar-refractivity contribution is -0.125. The van der Waals surface area contributed by atoms with Crippen LogP contribution in [0.4, 0.5) is 14.4 Å². The first kappa shape index (κ1) is 68.6. The van der Waals surface area contributed by atoms with Gasteiger partial charge in [0.1, 0.15) is 51.5 Å². The van der Waals surface area contributed by atoms with E-state index in [4.69, 9.17) is 33.5 Å². The lowest BCUT2D eigenvalue weighted by Gasteiger charge is -2.30. The fraction of sp³-hybridized carbons (Fsp3) is 0.524. The second kappa shape index (κ2) is 32.3. The minimum atomic E-state index is -0.780. The molecule has 426 valence electrons. The quantitative estimate of drug-likeness (QED) is 0.0443. The minimum absolute atomic E-state index is 0.318. The Bertz CT molecular complexity index is 2190. The average molecular weight is 1080 g/mol. The highest BCUT2D eigenvalue weighted by atomic mass is 16.6. The van der Waals surface area contributed by atoms with Crippen LogP contribution in [-0.4, -0.2) is 87.5 Å². The number of alkyl carbamates (subject to hydrolysis) is 3. The van der Waals surface area contributed by atoms with E-state index in [2.05, 4.69) is 49.7 Å². The van der Waals surface area contributed by atoms with Gasteiger partial charge in [-0.3, -0.25) is 14.4 Å². The minimum Gasteiger partial charge on any atom is -0.444 e. The average Bonchev–Trinajstić information content (AvgIpc) is 3.38. The molecule has 15 nitrogen and oxygen atoms in total. The lowest BCUT2D eigenvalue weighted by atomic mass is 9.93. The molecular formula is C63H90N6O9. The number of rotatable bonds is 21. The van der Waals surface area contributed by atoms with Gasteiger partial charge in [-0.05, 0) is 118 Å². The zero-order valence-electron chi connectivity index (χ0n) is 49.2. The molecule has 3 rings (SSSR count). The summed E-state index contributed by atoms with van der Waals surface area (Å²) < 4.78 is 15.9. The molecule has 0 unspecified atom stereocenters. The van der Waals surface area contributed by atoms with E-state index in [1.54, 1.807) is 62.3 Å². The summed E-state index contributed by atoms with van der Waals surface area (Å²) >= 11 is 0. The first-order valence-electron chi connectivity index (χ1n) is 26.9. The molecule has 0 aliphatic rings. The predicted molar refractivity (Wildman–Crippen MR) is 311 cm³/mol. The fourth-order valence-electron chi connectivity index (χ4n) is 7.50. The molecule has 0 aliphatic carbocycles. The Morgan fingerprint density at radius 3 is 0.731 bits per heavy atom. The van der Waals surface area contributed by atoms with Crippen LogP contribution in [-0.2, 0) is 47.9 Å². The van der Waals surface area contributed by atoms with E-state index in [0.29, 0.717) is 57.8 Å². The number of hydrogen-bond acceptors (Lipinski definition) is 9. The standard InChI is InChI=1S/3C21H30N2O3/c3*1-7-21(8-2,9-3)23-18(24)17(15-16-13-11-10-12-14-16)22-19(25)26-20(4,5)6/h3*1,10-14,17H,8-9,15H2,2-6H3,(H,22,25)(H,23,24)/t3*17-/m000/s1. The largest absolute Gasteiger partial charge is 0.444 e. The van der Waals surface area contributed by atoms with Crippen molar-refractivity contribution in [3.63, 3.8) is 0 Å². The number of terminal acetylenes is 3. The van der Waals surface area contributed by atoms with E-state index < -0.39 is 69.8 Å². The number of carbonyl (C=O) groups is 6. The van der Waals surface area contributed by atoms with Crippen LogP contribution >= 0.6 is 0 Å². The normalized spacial score (nSPS) is 12.6. The van der Waals surface area contributed by atoms with Gasteiger partial charge in [0.2, 0.25) is 17.7 Å². The van der Waals surface area contributed by atoms with Crippen molar-refractivity contribution in [2.24, 2.45) is 0 Å². The van der Waals surface area contributed by atoms with Crippen molar-refractivity contribution in [2.45, 2.75) is 213 Å². The number of amides is 6. The molecule has 78 heavy (non-hydrogen) atoms. The predicted octanol–water partition coefficient (Wildman–Crippen LogP) is 10.3. The van der Waals surface area contributed by atoms with Crippen LogP contribution in [0.1, 0.15) is 159 Å². The molecule has 0 saturated heterocycles. The smallest absolute Gasteiger partial charge is 0.408 e. The first-order chi connectivity index (χ1) is 36.4. The maximum atomic E-state index is 12.9. The molecule has 6 N–H and O–H groups in total. The summed E-state index contributed by atoms with van der Waals surface area (Å²) in [6.45, 7) is 27.5. The van der Waals surface area contributed by atoms with Gasteiger partial charge < -0.3 is 46.1 Å². The monoisotopic (exact) mass is 1070 g/mol. The van der Waals surface area contributed by atoms with Crippen molar-refractivity contribution in [2.75, 3.05) is 0 Å². The van der Waals surface area contributed by atoms with E-state index in [1.165, 1.54) is 0 Å². The first-order valence-corrected chi connectivity index (χ1v) is 26.9. The van der Waals surface area contributed by atoms with Gasteiger partial charge in [0, 0.05) is 19.3 Å². The van der Waals surface area contributed by atoms with Crippen molar-refractivity contribution in [3.8, 4) is 37.0 Å². The van der Waals surface area contributed by atoms with E-state index in [0.717, 1.165) is 16.7 Å². The molecule has 0 spiro atoms. The maximum Gasteiger partial charge on any atom is 0.408 e. The number of hydrogen-bond donors (Lipinski definition) is 6. The molecule has 15 heteroatoms. The summed E-state index contributed by atoms with van der Waals surface area (Å²) in [5.74, 6) is 7.09. The van der Waals surface area contributed by atoms with Crippen LogP contribution in [0.5, 0.6) is 0 Å². The molecule has 0 fully saturated rings. The van der Waals surface area contributed by atoms with Crippen LogP contribution in [0, 0.1) is 37.0 Å². The summed E-state index contributed by atoms with van der Waals surface area (Å²) in [6, 6.07) is 26.2. The summed E-state index contributed by atoms with van der Waals surface area (Å²) in [5, 5.41) is 16.8. The Kier molecular flexibility index (Phi) is 28.4. The molecule has 3 aromatic rings. The SMILES string of the molecule is C#CC(CC)(CC)NC(=O)[C@H](Cc1ccccc1)NC(=O)OC(C)(C)C.C#CC(CC)(CC)NC(=O)[C@H](Cc1ccccc1)NC(=O)OC(C)(C)C.C#CC(CC)(CC)NC(=O)[C@H](Cc1ccccc1)NC(=O)OC(C)(C)C. The van der Waals surface area contributed by atoms with Crippen molar-refractivity contribution in [3.05, 3.63) is 108 Å². The second-order valence-corrected chi connectivity index (χ2v) is 21.9. The maximum absolute atomic E-state index is 12.9. The molecule has 3 atom stereocenters. The third-order valence-corrected chi connectivity index (χ3v) is 12.4. The summed E-state index contributed by atoms with van der Waals surface area (Å²) in [7, 11) is 0. The molecule has 0 aliphatic heterocycles. The van der Waals surface area contributed by atoms with Gasteiger partial charge in [0.15, 0.2) is 0 Å². The van der Waals surface area contributed by atoms with Crippen molar-refractivity contribution in [1.29, 1.82) is 0 Å². The number of carbonyl (C=O) groups excluding carboxylic acids is 6. The third kappa shape index (κ3) is 26.1. The molecule has 6 amide bonds. The Hall–Kier alpha value is -7.44. The number of nitrogens with one attached hydrogen (secondary N) is 6. The van der Waals surface area contributed by atoms with Gasteiger partial charge in [0.05, 0.1) is 0 Å².